The van der Waals surface area contributed by atoms with Crippen molar-refractivity contribution in [3.63, 3.8) is 0 Å². The van der Waals surface area contributed by atoms with Crippen molar-refractivity contribution in [2.75, 3.05) is 20.6 Å². The highest BCUT2D eigenvalue weighted by atomic mass is 28.3. The Morgan fingerprint density at radius 1 is 1.13 bits per heavy atom. The third-order valence-electron chi connectivity index (χ3n) is 1.90. The monoisotopic (exact) mass is 232 g/mol. The summed E-state index contributed by atoms with van der Waals surface area (Å²) in [5.41, 5.74) is 3.68. The van der Waals surface area contributed by atoms with E-state index in [0.29, 0.717) is 5.92 Å². The maximum Gasteiger partial charge on any atom is 0.280 e. The molecule has 3 N–H and O–H groups in total. The van der Waals surface area contributed by atoms with Crippen molar-refractivity contribution in [2.45, 2.75) is 40.2 Å². The van der Waals surface area contributed by atoms with Crippen LogP contribution in [0.3, 0.4) is 0 Å². The SMILES string of the molecule is CN[SiH](NC)N(CC(C)C)NC(C)(C)C. The topological polar surface area (TPSA) is 39.3 Å². The molecule has 0 aromatic heterocycles. The number of hydrogen-bond donors (Lipinski definition) is 3. The molecule has 0 rings (SSSR count). The minimum atomic E-state index is -1.24. The van der Waals surface area contributed by atoms with Gasteiger partial charge in [-0.05, 0) is 40.8 Å². The summed E-state index contributed by atoms with van der Waals surface area (Å²) in [5, 5.41) is 0. The van der Waals surface area contributed by atoms with Gasteiger partial charge in [0, 0.05) is 12.1 Å². The van der Waals surface area contributed by atoms with Crippen LogP contribution >= 0.6 is 0 Å². The molecule has 0 aliphatic heterocycles. The molecule has 0 radical (unpaired) electrons. The van der Waals surface area contributed by atoms with E-state index in [1.165, 1.54) is 0 Å². The zero-order valence-corrected chi connectivity index (χ0v) is 12.5. The fraction of sp³-hybridized carbons (Fsp3) is 1.00. The molecule has 0 atom stereocenters. The van der Waals surface area contributed by atoms with Gasteiger partial charge in [0.2, 0.25) is 0 Å². The predicted octanol–water partition coefficient (Wildman–Crippen LogP) is 0.404. The molecule has 0 unspecified atom stereocenters. The fourth-order valence-electron chi connectivity index (χ4n) is 1.50. The summed E-state index contributed by atoms with van der Waals surface area (Å²) in [6.45, 7) is 12.1. The number of rotatable bonds is 6. The van der Waals surface area contributed by atoms with Crippen LogP contribution in [0.15, 0.2) is 0 Å². The van der Waals surface area contributed by atoms with Crippen molar-refractivity contribution < 1.29 is 0 Å². The lowest BCUT2D eigenvalue weighted by Crippen LogP contribution is -2.66. The molecule has 0 aliphatic rings. The quantitative estimate of drug-likeness (QED) is 0.458. The first-order valence-corrected chi connectivity index (χ1v) is 7.36. The van der Waals surface area contributed by atoms with Gasteiger partial charge in [0.15, 0.2) is 0 Å². The minimum absolute atomic E-state index is 0.119. The summed E-state index contributed by atoms with van der Waals surface area (Å²) in [7, 11) is 2.80. The molecule has 0 amide bonds. The van der Waals surface area contributed by atoms with Gasteiger partial charge in [-0.25, -0.2) is 4.67 Å². The minimum Gasteiger partial charge on any atom is -0.318 e. The second kappa shape index (κ2) is 6.60. The summed E-state index contributed by atoms with van der Waals surface area (Å²) in [4.78, 5) is 6.74. The van der Waals surface area contributed by atoms with Gasteiger partial charge in [-0.1, -0.05) is 13.8 Å². The summed E-state index contributed by atoms with van der Waals surface area (Å²) in [6, 6.07) is 0. The first-order valence-electron chi connectivity index (χ1n) is 5.69. The summed E-state index contributed by atoms with van der Waals surface area (Å²) < 4.78 is 2.35. The van der Waals surface area contributed by atoms with E-state index in [9.17, 15) is 0 Å². The largest absolute Gasteiger partial charge is 0.318 e. The molecule has 0 heterocycles. The van der Waals surface area contributed by atoms with Gasteiger partial charge in [-0.3, -0.25) is 5.43 Å². The Balaban J connectivity index is 4.42. The van der Waals surface area contributed by atoms with E-state index < -0.39 is 9.28 Å². The molecule has 92 valence electrons. The predicted molar refractivity (Wildman–Crippen MR) is 69.7 cm³/mol. The molecule has 0 aromatic carbocycles. The zero-order valence-electron chi connectivity index (χ0n) is 11.3. The van der Waals surface area contributed by atoms with Gasteiger partial charge >= 0.3 is 0 Å². The number of nitrogens with one attached hydrogen (secondary N) is 3. The Kier molecular flexibility index (Phi) is 6.62. The van der Waals surface area contributed by atoms with Crippen LogP contribution in [0.25, 0.3) is 0 Å². The normalized spacial score (nSPS) is 13.2. The van der Waals surface area contributed by atoms with E-state index in [2.05, 4.69) is 54.7 Å². The maximum atomic E-state index is 3.56. The molecule has 0 spiro atoms. The molecule has 0 saturated heterocycles. The molecule has 0 saturated carbocycles. The third kappa shape index (κ3) is 7.02. The number of hydrogen-bond acceptors (Lipinski definition) is 4. The fourth-order valence-corrected chi connectivity index (χ4v) is 3.56. The van der Waals surface area contributed by atoms with Crippen molar-refractivity contribution >= 4 is 9.28 Å². The van der Waals surface area contributed by atoms with E-state index in [1.54, 1.807) is 0 Å². The van der Waals surface area contributed by atoms with Gasteiger partial charge < -0.3 is 9.96 Å². The third-order valence-corrected chi connectivity index (χ3v) is 3.96. The highest BCUT2D eigenvalue weighted by molar-refractivity contribution is 6.49. The lowest BCUT2D eigenvalue weighted by Gasteiger charge is -2.37. The van der Waals surface area contributed by atoms with Crippen LogP contribution in [0.5, 0.6) is 0 Å². The zero-order chi connectivity index (χ0) is 12.1. The van der Waals surface area contributed by atoms with Gasteiger partial charge in [-0.15, -0.1) is 0 Å². The molecule has 15 heavy (non-hydrogen) atoms. The van der Waals surface area contributed by atoms with Crippen molar-refractivity contribution in [3.8, 4) is 0 Å². The van der Waals surface area contributed by atoms with Crippen LogP contribution < -0.4 is 15.4 Å². The molecule has 0 bridgehead atoms. The van der Waals surface area contributed by atoms with Gasteiger partial charge in [0.1, 0.15) is 0 Å². The first kappa shape index (κ1) is 15.1. The van der Waals surface area contributed by atoms with Crippen LogP contribution in [0.2, 0.25) is 0 Å². The van der Waals surface area contributed by atoms with Crippen LogP contribution in [0.4, 0.5) is 0 Å². The highest BCUT2D eigenvalue weighted by Crippen LogP contribution is 2.04. The molecule has 0 fully saturated rings. The molecule has 0 aromatic rings. The van der Waals surface area contributed by atoms with E-state index >= 15 is 0 Å². The highest BCUT2D eigenvalue weighted by Gasteiger charge is 2.23. The van der Waals surface area contributed by atoms with Crippen LogP contribution in [-0.4, -0.2) is 40.1 Å². The Hall–Kier alpha value is 0.0569. The Morgan fingerprint density at radius 3 is 1.87 bits per heavy atom. The van der Waals surface area contributed by atoms with E-state index in [1.807, 2.05) is 14.1 Å². The lowest BCUT2D eigenvalue weighted by atomic mass is 10.1. The second-order valence-corrected chi connectivity index (χ2v) is 7.97. The smallest absolute Gasteiger partial charge is 0.280 e. The lowest BCUT2D eigenvalue weighted by molar-refractivity contribution is 0.199. The molecule has 5 heteroatoms. The van der Waals surface area contributed by atoms with Gasteiger partial charge in [-0.2, -0.15) is 0 Å². The van der Waals surface area contributed by atoms with E-state index in [-0.39, 0.29) is 5.54 Å². The molecule has 4 nitrogen and oxygen atoms in total. The van der Waals surface area contributed by atoms with Crippen molar-refractivity contribution in [1.82, 2.24) is 20.1 Å². The number of nitrogens with zero attached hydrogens (tertiary/aromatic N) is 1. The van der Waals surface area contributed by atoms with E-state index in [4.69, 9.17) is 0 Å². The van der Waals surface area contributed by atoms with Crippen molar-refractivity contribution in [2.24, 2.45) is 5.92 Å². The van der Waals surface area contributed by atoms with Gasteiger partial charge in [0.25, 0.3) is 9.28 Å². The van der Waals surface area contributed by atoms with Crippen LogP contribution in [0, 0.1) is 5.92 Å². The molecular weight excluding hydrogens is 204 g/mol. The van der Waals surface area contributed by atoms with Crippen LogP contribution in [-0.2, 0) is 0 Å². The Labute approximate surface area is 96.6 Å². The molecular formula is C10H28N4Si. The summed E-state index contributed by atoms with van der Waals surface area (Å²) in [6.07, 6.45) is 0. The number of hydrazine groups is 1. The van der Waals surface area contributed by atoms with Gasteiger partial charge in [0.05, 0.1) is 0 Å². The standard InChI is InChI=1S/C10H28N4Si/c1-9(2)8-14(13-10(3,4)5)15(11-6)12-7/h9,11-13,15H,8H2,1-7H3. The van der Waals surface area contributed by atoms with Crippen LogP contribution in [0.1, 0.15) is 34.6 Å². The Morgan fingerprint density at radius 2 is 1.60 bits per heavy atom. The summed E-state index contributed by atoms with van der Waals surface area (Å²) >= 11 is 0. The first-order chi connectivity index (χ1) is 6.80. The molecule has 0 aliphatic carbocycles. The average Bonchev–Trinajstić information content (AvgIpc) is 2.01. The maximum absolute atomic E-state index is 3.56. The average molecular weight is 232 g/mol. The summed E-state index contributed by atoms with van der Waals surface area (Å²) in [5.74, 6) is 0.663. The Bertz CT molecular complexity index is 163. The van der Waals surface area contributed by atoms with Crippen molar-refractivity contribution in [3.05, 3.63) is 0 Å². The second-order valence-electron chi connectivity index (χ2n) is 5.39. The van der Waals surface area contributed by atoms with E-state index in [0.717, 1.165) is 6.54 Å². The van der Waals surface area contributed by atoms with Crippen molar-refractivity contribution in [1.29, 1.82) is 0 Å².